The van der Waals surface area contributed by atoms with Crippen molar-refractivity contribution in [3.8, 4) is 28.0 Å². The quantitative estimate of drug-likeness (QED) is 0.517. The van der Waals surface area contributed by atoms with Gasteiger partial charge >= 0.3 is 0 Å². The second kappa shape index (κ2) is 9.21. The number of thiazole rings is 1. The lowest BCUT2D eigenvalue weighted by Gasteiger charge is -2.11. The van der Waals surface area contributed by atoms with Crippen molar-refractivity contribution >= 4 is 33.9 Å². The van der Waals surface area contributed by atoms with Crippen molar-refractivity contribution in [1.82, 2.24) is 25.0 Å². The topological polar surface area (TPSA) is 97.3 Å². The molecule has 0 bridgehead atoms. The summed E-state index contributed by atoms with van der Waals surface area (Å²) in [5, 5.41) is 21.3. The molecule has 0 aromatic carbocycles. The minimum Gasteiger partial charge on any atom is -0.259 e. The number of hydrogen-bond acceptors (Lipinski definition) is 8. The Hall–Kier alpha value is -2.09. The number of aryl methyl sites for hydroxylation is 1. The van der Waals surface area contributed by atoms with Crippen LogP contribution < -0.4 is 0 Å². The van der Waals surface area contributed by atoms with Crippen LogP contribution in [0.2, 0.25) is 0 Å². The van der Waals surface area contributed by atoms with E-state index in [1.807, 2.05) is 11.4 Å². The molecule has 0 amide bonds. The lowest BCUT2D eigenvalue weighted by atomic mass is 10.1. The molecule has 0 aliphatic heterocycles. The van der Waals surface area contributed by atoms with Crippen molar-refractivity contribution in [2.24, 2.45) is 7.05 Å². The molecule has 0 saturated heterocycles. The van der Waals surface area contributed by atoms with E-state index in [2.05, 4.69) is 33.3 Å². The van der Waals surface area contributed by atoms with Crippen LogP contribution in [0.25, 0.3) is 22.0 Å². The second-order valence-electron chi connectivity index (χ2n) is 5.69. The molecule has 3 aromatic rings. The smallest absolute Gasteiger partial charge is 0.141 e. The number of rotatable bonds is 8. The first-order valence-electron chi connectivity index (χ1n) is 8.31. The molecule has 10 heteroatoms. The van der Waals surface area contributed by atoms with E-state index in [0.717, 1.165) is 23.5 Å². The average Bonchev–Trinajstić information content (AvgIpc) is 3.35. The minimum absolute atomic E-state index is 0.409. The van der Waals surface area contributed by atoms with E-state index in [-0.39, 0.29) is 0 Å². The Kier molecular flexibility index (Phi) is 6.71. The van der Waals surface area contributed by atoms with E-state index in [9.17, 15) is 9.47 Å². The summed E-state index contributed by atoms with van der Waals surface area (Å²) in [6.45, 7) is 2.07. The van der Waals surface area contributed by atoms with Gasteiger partial charge in [-0.05, 0) is 12.5 Å². The maximum Gasteiger partial charge on any atom is 0.141 e. The summed E-state index contributed by atoms with van der Waals surface area (Å²) < 4.78 is 13.8. The zero-order chi connectivity index (χ0) is 19.2. The highest BCUT2D eigenvalue weighted by atomic mass is 32.2. The van der Waals surface area contributed by atoms with Gasteiger partial charge in [-0.2, -0.15) is 5.26 Å². The molecule has 1 unspecified atom stereocenters. The predicted octanol–water partition coefficient (Wildman–Crippen LogP) is 3.47. The number of thioether (sulfide) groups is 1. The van der Waals surface area contributed by atoms with E-state index in [4.69, 9.17) is 0 Å². The van der Waals surface area contributed by atoms with Crippen LogP contribution in [-0.4, -0.2) is 40.0 Å². The van der Waals surface area contributed by atoms with Gasteiger partial charge in [-0.1, -0.05) is 30.3 Å². The van der Waals surface area contributed by atoms with Crippen molar-refractivity contribution in [3.05, 3.63) is 29.4 Å². The van der Waals surface area contributed by atoms with Crippen molar-refractivity contribution < 1.29 is 4.21 Å². The van der Waals surface area contributed by atoms with Gasteiger partial charge in [0, 0.05) is 40.7 Å². The Morgan fingerprint density at radius 2 is 2.30 bits per heavy atom. The van der Waals surface area contributed by atoms with Crippen molar-refractivity contribution in [2.45, 2.75) is 24.8 Å². The van der Waals surface area contributed by atoms with E-state index in [1.165, 1.54) is 23.1 Å². The maximum atomic E-state index is 12.2. The fraction of sp³-hybridized carbons (Fsp3) is 0.353. The van der Waals surface area contributed by atoms with Gasteiger partial charge < -0.3 is 0 Å². The zero-order valence-corrected chi connectivity index (χ0v) is 17.4. The number of pyridine rings is 1. The SMILES string of the molecule is CCCCS(=O)CSc1nc(-c2nccs2)cc(-c2cnnn2C)c1C#N. The van der Waals surface area contributed by atoms with Crippen LogP contribution in [-0.2, 0) is 17.8 Å². The Bertz CT molecular complexity index is 977. The third kappa shape index (κ3) is 4.61. The highest BCUT2D eigenvalue weighted by Gasteiger charge is 2.19. The monoisotopic (exact) mass is 418 g/mol. The number of nitrogens with zero attached hydrogens (tertiary/aromatic N) is 6. The molecule has 0 saturated carbocycles. The summed E-state index contributed by atoms with van der Waals surface area (Å²) in [5.41, 5.74) is 2.55. The molecule has 0 fully saturated rings. The van der Waals surface area contributed by atoms with Gasteiger partial charge in [0.2, 0.25) is 0 Å². The van der Waals surface area contributed by atoms with Gasteiger partial charge in [-0.3, -0.25) is 4.21 Å². The van der Waals surface area contributed by atoms with Crippen molar-refractivity contribution in [1.29, 1.82) is 5.26 Å². The molecule has 0 spiro atoms. The standard InChI is InChI=1S/C17H18N6OS3/c1-3-4-7-27(24)11-26-16-13(9-18)12(15-10-20-22-23(15)2)8-14(21-16)17-19-5-6-25-17/h5-6,8,10H,3-4,7,11H2,1-2H3. The third-order valence-electron chi connectivity index (χ3n) is 3.79. The number of aromatic nitrogens is 5. The van der Waals surface area contributed by atoms with Gasteiger partial charge in [-0.15, -0.1) is 16.4 Å². The average molecular weight is 419 g/mol. The lowest BCUT2D eigenvalue weighted by Crippen LogP contribution is -2.03. The van der Waals surface area contributed by atoms with Crippen molar-refractivity contribution in [2.75, 3.05) is 10.8 Å². The number of nitriles is 1. The Labute approximate surface area is 168 Å². The lowest BCUT2D eigenvalue weighted by molar-refractivity contribution is 0.682. The van der Waals surface area contributed by atoms with Crippen LogP contribution in [0.5, 0.6) is 0 Å². The number of hydrogen-bond donors (Lipinski definition) is 0. The van der Waals surface area contributed by atoms with E-state index in [1.54, 1.807) is 24.1 Å². The Morgan fingerprint density at radius 3 is 2.93 bits per heavy atom. The van der Waals surface area contributed by atoms with Gasteiger partial charge in [0.25, 0.3) is 0 Å². The molecule has 3 aromatic heterocycles. The Morgan fingerprint density at radius 1 is 1.44 bits per heavy atom. The van der Waals surface area contributed by atoms with Crippen LogP contribution in [0.1, 0.15) is 25.3 Å². The highest BCUT2D eigenvalue weighted by Crippen LogP contribution is 2.34. The molecule has 0 N–H and O–H groups in total. The summed E-state index contributed by atoms with van der Waals surface area (Å²) in [5.74, 6) is 0.663. The molecular weight excluding hydrogens is 400 g/mol. The first-order valence-corrected chi connectivity index (χ1v) is 11.7. The first kappa shape index (κ1) is 19.7. The molecule has 1 atom stereocenters. The Balaban J connectivity index is 2.03. The minimum atomic E-state index is -0.951. The summed E-state index contributed by atoms with van der Waals surface area (Å²) in [6.07, 6.45) is 5.28. The summed E-state index contributed by atoms with van der Waals surface area (Å²) in [7, 11) is 0.826. The fourth-order valence-corrected chi connectivity index (χ4v) is 5.53. The first-order chi connectivity index (χ1) is 13.1. The van der Waals surface area contributed by atoms with Gasteiger partial charge in [0.15, 0.2) is 0 Å². The molecular formula is C17H18N6OS3. The second-order valence-corrected chi connectivity index (χ2v) is 9.49. The van der Waals surface area contributed by atoms with Crippen LogP contribution in [0.3, 0.4) is 0 Å². The highest BCUT2D eigenvalue weighted by molar-refractivity contribution is 8.10. The molecule has 140 valence electrons. The molecule has 7 nitrogen and oxygen atoms in total. The van der Waals surface area contributed by atoms with Crippen LogP contribution >= 0.6 is 23.1 Å². The molecule has 27 heavy (non-hydrogen) atoms. The van der Waals surface area contributed by atoms with Crippen LogP contribution in [0.15, 0.2) is 28.9 Å². The van der Waals surface area contributed by atoms with Crippen molar-refractivity contribution in [3.63, 3.8) is 0 Å². The molecule has 0 aliphatic rings. The number of unbranched alkanes of at least 4 members (excludes halogenated alkanes) is 1. The van der Waals surface area contributed by atoms with E-state index < -0.39 is 10.8 Å². The van der Waals surface area contributed by atoms with Gasteiger partial charge in [0.05, 0.1) is 22.5 Å². The fourth-order valence-electron chi connectivity index (χ4n) is 2.42. The summed E-state index contributed by atoms with van der Waals surface area (Å²) in [6, 6.07) is 4.09. The van der Waals surface area contributed by atoms with Gasteiger partial charge in [0.1, 0.15) is 21.8 Å². The summed E-state index contributed by atoms with van der Waals surface area (Å²) in [4.78, 5) is 8.97. The summed E-state index contributed by atoms with van der Waals surface area (Å²) >= 11 is 2.83. The van der Waals surface area contributed by atoms with E-state index >= 15 is 0 Å². The maximum absolute atomic E-state index is 12.2. The molecule has 3 rings (SSSR count). The molecule has 0 aliphatic carbocycles. The van der Waals surface area contributed by atoms with Crippen LogP contribution in [0.4, 0.5) is 0 Å². The molecule has 3 heterocycles. The normalized spacial score (nSPS) is 12.0. The third-order valence-corrected chi connectivity index (χ3v) is 7.42. The molecule has 0 radical (unpaired) electrons. The zero-order valence-electron chi connectivity index (χ0n) is 15.0. The van der Waals surface area contributed by atoms with Crippen LogP contribution in [0, 0.1) is 11.3 Å². The van der Waals surface area contributed by atoms with Gasteiger partial charge in [-0.25, -0.2) is 14.6 Å². The largest absolute Gasteiger partial charge is 0.259 e. The van der Waals surface area contributed by atoms with E-state index in [0.29, 0.717) is 32.7 Å². The predicted molar refractivity (Wildman–Crippen MR) is 109 cm³/mol.